The molecule has 1 aliphatic heterocycles. The zero-order valence-electron chi connectivity index (χ0n) is 13.7. The van der Waals surface area contributed by atoms with Crippen LogP contribution in [0.3, 0.4) is 0 Å². The molecule has 1 aromatic carbocycles. The lowest BCUT2D eigenvalue weighted by molar-refractivity contribution is -0.168. The first-order chi connectivity index (χ1) is 11.6. The minimum absolute atomic E-state index is 0.0105. The molecule has 2 aliphatic rings. The molecule has 128 valence electrons. The number of hydrogen-bond acceptors (Lipinski definition) is 5. The highest BCUT2D eigenvalue weighted by molar-refractivity contribution is 5.94. The molecule has 1 fully saturated rings. The lowest BCUT2D eigenvalue weighted by Crippen LogP contribution is -2.31. The van der Waals surface area contributed by atoms with Crippen molar-refractivity contribution in [2.75, 3.05) is 11.9 Å². The molecule has 0 bridgehead atoms. The predicted octanol–water partition coefficient (Wildman–Crippen LogP) is 2.00. The normalized spacial score (nSPS) is 17.5. The Morgan fingerprint density at radius 2 is 2.08 bits per heavy atom. The molecule has 0 aromatic heterocycles. The van der Waals surface area contributed by atoms with E-state index in [1.807, 2.05) is 6.07 Å². The Balaban J connectivity index is 1.62. The highest BCUT2D eigenvalue weighted by Crippen LogP contribution is 2.35. The topological polar surface area (TPSA) is 81.7 Å². The van der Waals surface area contributed by atoms with Crippen molar-refractivity contribution in [3.05, 3.63) is 29.3 Å². The van der Waals surface area contributed by atoms with Crippen molar-refractivity contribution >= 4 is 23.5 Å². The number of fused-ring (bicyclic) bond motifs is 1. The van der Waals surface area contributed by atoms with Gasteiger partial charge in [0.15, 0.2) is 0 Å². The molecule has 1 amide bonds. The van der Waals surface area contributed by atoms with Gasteiger partial charge in [-0.05, 0) is 43.4 Å². The van der Waals surface area contributed by atoms with Gasteiger partial charge in [0.25, 0.3) is 0 Å². The maximum Gasteiger partial charge on any atom is 0.347 e. The second-order valence-electron chi connectivity index (χ2n) is 6.22. The standard InChI is InChI=1S/C18H21NO5/c1-2-23-18(22)17(12-4-5-12)24-16(21)10-11-3-7-14-13(9-11)6-8-15(20)19-14/h3,7,9,12,17H,2,4-6,8,10H2,1H3,(H,19,20). The summed E-state index contributed by atoms with van der Waals surface area (Å²) in [7, 11) is 0. The fraction of sp³-hybridized carbons (Fsp3) is 0.500. The number of hydrogen-bond donors (Lipinski definition) is 1. The van der Waals surface area contributed by atoms with Gasteiger partial charge in [0.2, 0.25) is 12.0 Å². The number of carbonyl (C=O) groups excluding carboxylic acids is 3. The van der Waals surface area contributed by atoms with E-state index in [0.717, 1.165) is 29.7 Å². The van der Waals surface area contributed by atoms with Crippen molar-refractivity contribution in [1.29, 1.82) is 0 Å². The van der Waals surface area contributed by atoms with Crippen molar-refractivity contribution in [2.45, 2.75) is 45.1 Å². The second kappa shape index (κ2) is 7.03. The molecule has 24 heavy (non-hydrogen) atoms. The number of rotatable bonds is 6. The number of esters is 2. The minimum Gasteiger partial charge on any atom is -0.463 e. The van der Waals surface area contributed by atoms with E-state index in [-0.39, 0.29) is 24.9 Å². The van der Waals surface area contributed by atoms with Gasteiger partial charge < -0.3 is 14.8 Å². The summed E-state index contributed by atoms with van der Waals surface area (Å²) in [5, 5.41) is 2.81. The summed E-state index contributed by atoms with van der Waals surface area (Å²) in [6.45, 7) is 2.01. The summed E-state index contributed by atoms with van der Waals surface area (Å²) in [6, 6.07) is 5.51. The van der Waals surface area contributed by atoms with Gasteiger partial charge in [-0.3, -0.25) is 9.59 Å². The van der Waals surface area contributed by atoms with Gasteiger partial charge in [-0.1, -0.05) is 12.1 Å². The first-order valence-electron chi connectivity index (χ1n) is 8.34. The monoisotopic (exact) mass is 331 g/mol. The Bertz CT molecular complexity index is 665. The van der Waals surface area contributed by atoms with Gasteiger partial charge in [0.05, 0.1) is 13.0 Å². The minimum atomic E-state index is -0.783. The Morgan fingerprint density at radius 3 is 2.79 bits per heavy atom. The average Bonchev–Trinajstić information content (AvgIpc) is 3.37. The van der Waals surface area contributed by atoms with Gasteiger partial charge in [0, 0.05) is 18.0 Å². The third-order valence-corrected chi connectivity index (χ3v) is 4.24. The summed E-state index contributed by atoms with van der Waals surface area (Å²) < 4.78 is 10.4. The van der Waals surface area contributed by atoms with Crippen LogP contribution in [-0.2, 0) is 36.7 Å². The van der Waals surface area contributed by atoms with Crippen LogP contribution in [0, 0.1) is 5.92 Å². The van der Waals surface area contributed by atoms with E-state index >= 15 is 0 Å². The number of aryl methyl sites for hydroxylation is 1. The van der Waals surface area contributed by atoms with Crippen LogP contribution in [0.4, 0.5) is 5.69 Å². The summed E-state index contributed by atoms with van der Waals surface area (Å²) in [5.41, 5.74) is 2.63. The number of benzene rings is 1. The van der Waals surface area contributed by atoms with Crippen molar-refractivity contribution in [1.82, 2.24) is 0 Å². The SMILES string of the molecule is CCOC(=O)C(OC(=O)Cc1ccc2c(c1)CCC(=O)N2)C1CC1. The van der Waals surface area contributed by atoms with Crippen molar-refractivity contribution in [2.24, 2.45) is 5.92 Å². The van der Waals surface area contributed by atoms with E-state index in [0.29, 0.717) is 12.8 Å². The molecule has 0 radical (unpaired) electrons. The van der Waals surface area contributed by atoms with E-state index < -0.39 is 18.0 Å². The van der Waals surface area contributed by atoms with Crippen molar-refractivity contribution in [3.63, 3.8) is 0 Å². The highest BCUT2D eigenvalue weighted by Gasteiger charge is 2.40. The summed E-state index contributed by atoms with van der Waals surface area (Å²) in [4.78, 5) is 35.4. The van der Waals surface area contributed by atoms with E-state index in [1.165, 1.54) is 0 Å². The molecule has 1 aliphatic carbocycles. The quantitative estimate of drug-likeness (QED) is 0.806. The fourth-order valence-corrected chi connectivity index (χ4v) is 2.86. The van der Waals surface area contributed by atoms with E-state index in [1.54, 1.807) is 19.1 Å². The molecule has 1 unspecified atom stereocenters. The Morgan fingerprint density at radius 1 is 1.29 bits per heavy atom. The van der Waals surface area contributed by atoms with Crippen LogP contribution in [0.1, 0.15) is 37.3 Å². The van der Waals surface area contributed by atoms with Crippen LogP contribution in [0.2, 0.25) is 0 Å². The molecular weight excluding hydrogens is 310 g/mol. The molecule has 0 saturated heterocycles. The van der Waals surface area contributed by atoms with E-state index in [4.69, 9.17) is 9.47 Å². The van der Waals surface area contributed by atoms with E-state index in [9.17, 15) is 14.4 Å². The highest BCUT2D eigenvalue weighted by atomic mass is 16.6. The zero-order chi connectivity index (χ0) is 17.1. The molecule has 1 atom stereocenters. The van der Waals surface area contributed by atoms with Crippen LogP contribution in [0.15, 0.2) is 18.2 Å². The van der Waals surface area contributed by atoms with Gasteiger partial charge in [-0.15, -0.1) is 0 Å². The molecule has 1 N–H and O–H groups in total. The van der Waals surface area contributed by atoms with Crippen LogP contribution in [0.25, 0.3) is 0 Å². The van der Waals surface area contributed by atoms with Gasteiger partial charge in [0.1, 0.15) is 0 Å². The van der Waals surface area contributed by atoms with Crippen LogP contribution >= 0.6 is 0 Å². The number of nitrogens with one attached hydrogen (secondary N) is 1. The van der Waals surface area contributed by atoms with Gasteiger partial charge >= 0.3 is 11.9 Å². The van der Waals surface area contributed by atoms with Crippen molar-refractivity contribution < 1.29 is 23.9 Å². The molecule has 0 spiro atoms. The van der Waals surface area contributed by atoms with Gasteiger partial charge in [-0.25, -0.2) is 4.79 Å². The maximum absolute atomic E-state index is 12.2. The smallest absolute Gasteiger partial charge is 0.347 e. The Labute approximate surface area is 140 Å². The average molecular weight is 331 g/mol. The first-order valence-corrected chi connectivity index (χ1v) is 8.34. The predicted molar refractivity (Wildman–Crippen MR) is 86.3 cm³/mol. The Hall–Kier alpha value is -2.37. The molecule has 6 heteroatoms. The largest absolute Gasteiger partial charge is 0.463 e. The van der Waals surface area contributed by atoms with Crippen LogP contribution < -0.4 is 5.32 Å². The molecule has 1 aromatic rings. The summed E-state index contributed by atoms with van der Waals surface area (Å²) >= 11 is 0. The third-order valence-electron chi connectivity index (χ3n) is 4.24. The Kier molecular flexibility index (Phi) is 4.83. The number of anilines is 1. The lowest BCUT2D eigenvalue weighted by atomic mass is 9.99. The maximum atomic E-state index is 12.2. The first kappa shape index (κ1) is 16.5. The number of ether oxygens (including phenoxy) is 2. The van der Waals surface area contributed by atoms with Gasteiger partial charge in [-0.2, -0.15) is 0 Å². The van der Waals surface area contributed by atoms with E-state index in [2.05, 4.69) is 5.32 Å². The fourth-order valence-electron chi connectivity index (χ4n) is 2.86. The molecule has 1 saturated carbocycles. The lowest BCUT2D eigenvalue weighted by Gasteiger charge is -2.18. The molecule has 1 heterocycles. The second-order valence-corrected chi connectivity index (χ2v) is 6.22. The molecule has 3 rings (SSSR count). The van der Waals surface area contributed by atoms with Crippen molar-refractivity contribution in [3.8, 4) is 0 Å². The molecule has 6 nitrogen and oxygen atoms in total. The summed E-state index contributed by atoms with van der Waals surface area (Å²) in [5.74, 6) is -0.788. The van der Waals surface area contributed by atoms with Crippen LogP contribution in [-0.4, -0.2) is 30.6 Å². The third kappa shape index (κ3) is 3.93. The number of carbonyl (C=O) groups is 3. The van der Waals surface area contributed by atoms with Crippen LogP contribution in [0.5, 0.6) is 0 Å². The molecular formula is C18H21NO5. The zero-order valence-corrected chi connectivity index (χ0v) is 13.7. The number of amides is 1. The summed E-state index contributed by atoms with van der Waals surface area (Å²) in [6.07, 6.45) is 2.20.